The lowest BCUT2D eigenvalue weighted by Crippen LogP contribution is -2.44. The van der Waals surface area contributed by atoms with E-state index in [1.54, 1.807) is 14.0 Å². The predicted octanol–water partition coefficient (Wildman–Crippen LogP) is 1.59. The summed E-state index contributed by atoms with van der Waals surface area (Å²) in [7, 11) is 3.50. The molecule has 0 spiro atoms. The molecule has 0 aromatic rings. The van der Waals surface area contributed by atoms with Gasteiger partial charge in [-0.15, -0.1) is 0 Å². The van der Waals surface area contributed by atoms with E-state index < -0.39 is 12.0 Å². The first-order valence-electron chi connectivity index (χ1n) is 5.21. The van der Waals surface area contributed by atoms with Crippen LogP contribution in [0.15, 0.2) is 0 Å². The average molecular weight is 217 g/mol. The van der Waals surface area contributed by atoms with Crippen LogP contribution in [0.4, 0.5) is 0 Å². The van der Waals surface area contributed by atoms with Gasteiger partial charge >= 0.3 is 5.97 Å². The lowest BCUT2D eigenvalue weighted by molar-refractivity contribution is -0.143. The molecule has 0 aliphatic carbocycles. The fourth-order valence-electron chi connectivity index (χ4n) is 1.49. The van der Waals surface area contributed by atoms with Crippen molar-refractivity contribution in [3.05, 3.63) is 0 Å². The number of ether oxygens (including phenoxy) is 1. The molecule has 0 radical (unpaired) electrons. The van der Waals surface area contributed by atoms with E-state index in [0.29, 0.717) is 0 Å². The number of nitrogens with zero attached hydrogens (tertiary/aromatic N) is 1. The molecule has 0 heterocycles. The molecule has 0 rings (SSSR count). The molecule has 4 nitrogen and oxygen atoms in total. The maximum Gasteiger partial charge on any atom is 0.320 e. The molecule has 1 N–H and O–H groups in total. The minimum Gasteiger partial charge on any atom is -0.480 e. The van der Waals surface area contributed by atoms with Crippen molar-refractivity contribution in [3.63, 3.8) is 0 Å². The fraction of sp³-hybridized carbons (Fsp3) is 0.909. The first-order chi connectivity index (χ1) is 6.71. The summed E-state index contributed by atoms with van der Waals surface area (Å²) in [6, 6.07) is -0.293. The van der Waals surface area contributed by atoms with Gasteiger partial charge in [0.15, 0.2) is 0 Å². The topological polar surface area (TPSA) is 49.8 Å². The van der Waals surface area contributed by atoms with Gasteiger partial charge in [0.1, 0.15) is 6.04 Å². The third-order valence-electron chi connectivity index (χ3n) is 3.00. The highest BCUT2D eigenvalue weighted by Crippen LogP contribution is 2.19. The third kappa shape index (κ3) is 4.62. The number of carboxylic acids is 1. The van der Waals surface area contributed by atoms with Crippen LogP contribution in [0.1, 0.15) is 34.1 Å². The Labute approximate surface area is 92.2 Å². The second-order valence-electron chi connectivity index (χ2n) is 4.70. The molecule has 90 valence electrons. The maximum absolute atomic E-state index is 10.8. The van der Waals surface area contributed by atoms with Crippen LogP contribution in [-0.2, 0) is 9.53 Å². The van der Waals surface area contributed by atoms with E-state index in [0.717, 1.165) is 6.42 Å². The Hall–Kier alpha value is -0.610. The van der Waals surface area contributed by atoms with Gasteiger partial charge in [0, 0.05) is 13.2 Å². The summed E-state index contributed by atoms with van der Waals surface area (Å²) < 4.78 is 5.32. The van der Waals surface area contributed by atoms with Crippen LogP contribution in [0, 0.1) is 0 Å². The molecular formula is C11H23NO3. The summed E-state index contributed by atoms with van der Waals surface area (Å²) in [5, 5.41) is 8.88. The highest BCUT2D eigenvalue weighted by molar-refractivity contribution is 5.72. The van der Waals surface area contributed by atoms with Gasteiger partial charge in [-0.25, -0.2) is 0 Å². The number of carboxylic acid groups (broad SMARTS) is 1. The minimum atomic E-state index is -0.792. The molecule has 0 aromatic heterocycles. The SMILES string of the molecule is COC(C)(C)CC(C)N(C)C(C)C(=O)O. The number of aliphatic carboxylic acids is 1. The summed E-state index contributed by atoms with van der Waals surface area (Å²) in [5.74, 6) is -0.792. The van der Waals surface area contributed by atoms with Crippen molar-refractivity contribution in [1.82, 2.24) is 4.90 Å². The zero-order valence-electron chi connectivity index (χ0n) is 10.6. The van der Waals surface area contributed by atoms with Crippen LogP contribution in [-0.4, -0.2) is 47.8 Å². The first kappa shape index (κ1) is 14.4. The summed E-state index contributed by atoms with van der Waals surface area (Å²) >= 11 is 0. The van der Waals surface area contributed by atoms with Crippen molar-refractivity contribution in [2.24, 2.45) is 0 Å². The molecule has 0 aromatic carbocycles. The smallest absolute Gasteiger partial charge is 0.320 e. The summed E-state index contributed by atoms with van der Waals surface area (Å²) in [6.45, 7) is 7.71. The van der Waals surface area contributed by atoms with Gasteiger partial charge < -0.3 is 9.84 Å². The molecule has 0 saturated heterocycles. The summed E-state index contributed by atoms with van der Waals surface area (Å²) in [6.07, 6.45) is 0.803. The normalized spacial score (nSPS) is 16.5. The Morgan fingerprint density at radius 3 is 2.27 bits per heavy atom. The van der Waals surface area contributed by atoms with Crippen LogP contribution in [0.3, 0.4) is 0 Å². The molecule has 4 heteroatoms. The van der Waals surface area contributed by atoms with Crippen molar-refractivity contribution in [2.75, 3.05) is 14.2 Å². The van der Waals surface area contributed by atoms with E-state index in [2.05, 4.69) is 0 Å². The highest BCUT2D eigenvalue weighted by atomic mass is 16.5. The molecule has 2 atom stereocenters. The number of methoxy groups -OCH3 is 1. The number of rotatable bonds is 6. The van der Waals surface area contributed by atoms with Crippen LogP contribution in [0.2, 0.25) is 0 Å². The van der Waals surface area contributed by atoms with Crippen molar-refractivity contribution < 1.29 is 14.6 Å². The molecule has 0 aliphatic heterocycles. The molecular weight excluding hydrogens is 194 g/mol. The van der Waals surface area contributed by atoms with Gasteiger partial charge in [-0.05, 0) is 41.2 Å². The Balaban J connectivity index is 4.33. The van der Waals surface area contributed by atoms with Crippen molar-refractivity contribution in [2.45, 2.75) is 51.8 Å². The van der Waals surface area contributed by atoms with Gasteiger partial charge in [0.2, 0.25) is 0 Å². The van der Waals surface area contributed by atoms with Gasteiger partial charge in [-0.2, -0.15) is 0 Å². The Morgan fingerprint density at radius 1 is 1.47 bits per heavy atom. The second kappa shape index (κ2) is 5.47. The van der Waals surface area contributed by atoms with E-state index in [4.69, 9.17) is 9.84 Å². The van der Waals surface area contributed by atoms with Gasteiger partial charge in [-0.3, -0.25) is 9.69 Å². The largest absolute Gasteiger partial charge is 0.480 e. The van der Waals surface area contributed by atoms with Crippen molar-refractivity contribution >= 4 is 5.97 Å². The van der Waals surface area contributed by atoms with Gasteiger partial charge in [0.05, 0.1) is 5.60 Å². The standard InChI is InChI=1S/C11H23NO3/c1-8(7-11(3,4)15-6)12(5)9(2)10(13)14/h8-9H,7H2,1-6H3,(H,13,14). The molecule has 0 bridgehead atoms. The fourth-order valence-corrected chi connectivity index (χ4v) is 1.49. The Kier molecular flexibility index (Phi) is 5.24. The highest BCUT2D eigenvalue weighted by Gasteiger charge is 2.27. The lowest BCUT2D eigenvalue weighted by atomic mass is 9.98. The van der Waals surface area contributed by atoms with E-state index in [-0.39, 0.29) is 11.6 Å². The molecule has 15 heavy (non-hydrogen) atoms. The van der Waals surface area contributed by atoms with Crippen molar-refractivity contribution in [3.8, 4) is 0 Å². The third-order valence-corrected chi connectivity index (χ3v) is 3.00. The minimum absolute atomic E-state index is 0.172. The van der Waals surface area contributed by atoms with E-state index >= 15 is 0 Å². The molecule has 0 fully saturated rings. The second-order valence-corrected chi connectivity index (χ2v) is 4.70. The van der Waals surface area contributed by atoms with Crippen LogP contribution in [0.25, 0.3) is 0 Å². The van der Waals surface area contributed by atoms with E-state index in [1.165, 1.54) is 0 Å². The van der Waals surface area contributed by atoms with Crippen LogP contribution >= 0.6 is 0 Å². The average Bonchev–Trinajstić information content (AvgIpc) is 2.14. The van der Waals surface area contributed by atoms with E-state index in [1.807, 2.05) is 32.7 Å². The summed E-state index contributed by atoms with van der Waals surface area (Å²) in [4.78, 5) is 12.7. The number of hydrogen-bond donors (Lipinski definition) is 1. The van der Waals surface area contributed by atoms with Crippen molar-refractivity contribution in [1.29, 1.82) is 0 Å². The number of hydrogen-bond acceptors (Lipinski definition) is 3. The van der Waals surface area contributed by atoms with Gasteiger partial charge in [-0.1, -0.05) is 0 Å². The number of likely N-dealkylation sites (N-methyl/N-ethyl adjacent to an activating group) is 1. The maximum atomic E-state index is 10.8. The predicted molar refractivity (Wildman–Crippen MR) is 60.0 cm³/mol. The summed E-state index contributed by atoms with van der Waals surface area (Å²) in [5.41, 5.74) is -0.216. The molecule has 0 amide bonds. The van der Waals surface area contributed by atoms with Crippen LogP contribution in [0.5, 0.6) is 0 Å². The zero-order chi connectivity index (χ0) is 12.2. The molecule has 2 unspecified atom stereocenters. The molecule has 0 saturated carbocycles. The van der Waals surface area contributed by atoms with Crippen LogP contribution < -0.4 is 0 Å². The monoisotopic (exact) mass is 217 g/mol. The lowest BCUT2D eigenvalue weighted by Gasteiger charge is -2.33. The quantitative estimate of drug-likeness (QED) is 0.734. The molecule has 0 aliphatic rings. The Bertz CT molecular complexity index is 216. The number of carbonyl (C=O) groups is 1. The first-order valence-corrected chi connectivity index (χ1v) is 5.21. The van der Waals surface area contributed by atoms with E-state index in [9.17, 15) is 4.79 Å². The Morgan fingerprint density at radius 2 is 1.93 bits per heavy atom. The zero-order valence-corrected chi connectivity index (χ0v) is 10.6. The van der Waals surface area contributed by atoms with Gasteiger partial charge in [0.25, 0.3) is 0 Å².